The van der Waals surface area contributed by atoms with Crippen LogP contribution in [0.5, 0.6) is 11.5 Å². The molecule has 0 saturated carbocycles. The van der Waals surface area contributed by atoms with Gasteiger partial charge in [0.05, 0.1) is 20.0 Å². The van der Waals surface area contributed by atoms with Crippen molar-refractivity contribution in [1.29, 1.82) is 0 Å². The fourth-order valence-corrected chi connectivity index (χ4v) is 4.28. The molecule has 13 heteroatoms. The van der Waals surface area contributed by atoms with Crippen molar-refractivity contribution < 1.29 is 29.0 Å². The number of thioether (sulfide) groups is 1. The number of benzene rings is 2. The lowest BCUT2D eigenvalue weighted by molar-refractivity contribution is -0.139. The molecule has 0 bridgehead atoms. The van der Waals surface area contributed by atoms with Crippen LogP contribution in [-0.4, -0.2) is 52.7 Å². The Morgan fingerprint density at radius 2 is 1.78 bits per heavy atom. The van der Waals surface area contributed by atoms with E-state index in [-0.39, 0.29) is 38.4 Å². The van der Waals surface area contributed by atoms with Gasteiger partial charge in [0, 0.05) is 12.6 Å². The molecule has 2 aromatic rings. The molecule has 0 unspecified atom stereocenters. The largest absolute Gasteiger partial charge is 0.482 e. The van der Waals surface area contributed by atoms with Gasteiger partial charge in [0.1, 0.15) is 11.5 Å². The summed E-state index contributed by atoms with van der Waals surface area (Å²) in [7, 11) is 0. The highest BCUT2D eigenvalue weighted by molar-refractivity contribution is 8.18. The van der Waals surface area contributed by atoms with Gasteiger partial charge in [-0.25, -0.2) is 10.2 Å². The number of ether oxygens (including phenoxy) is 2. The highest BCUT2D eigenvalue weighted by Crippen LogP contribution is 2.34. The predicted molar refractivity (Wildman–Crippen MR) is 140 cm³/mol. The van der Waals surface area contributed by atoms with Crippen LogP contribution in [-0.2, 0) is 14.4 Å². The maximum atomic E-state index is 12.8. The van der Waals surface area contributed by atoms with Crippen LogP contribution in [0.25, 0.3) is 6.08 Å². The summed E-state index contributed by atoms with van der Waals surface area (Å²) in [6, 6.07) is 9.34. The van der Waals surface area contributed by atoms with E-state index in [4.69, 9.17) is 49.4 Å². The molecule has 0 atom stereocenters. The lowest BCUT2D eigenvalue weighted by atomic mass is 10.2. The molecule has 3 rings (SSSR count). The number of hydrogen-bond donors (Lipinski definition) is 2. The summed E-state index contributed by atoms with van der Waals surface area (Å²) in [5.41, 5.74) is 3.03. The van der Waals surface area contributed by atoms with Crippen LogP contribution in [0, 0.1) is 0 Å². The zero-order chi connectivity index (χ0) is 26.2. The van der Waals surface area contributed by atoms with E-state index in [1.807, 2.05) is 0 Å². The maximum Gasteiger partial charge on any atom is 0.341 e. The Morgan fingerprint density at radius 1 is 1.08 bits per heavy atom. The van der Waals surface area contributed by atoms with E-state index in [0.29, 0.717) is 16.2 Å². The van der Waals surface area contributed by atoms with Gasteiger partial charge in [-0.1, -0.05) is 53.0 Å². The third-order valence-corrected chi connectivity index (χ3v) is 6.37. The second-order valence-corrected chi connectivity index (χ2v) is 9.21. The molecule has 0 spiro atoms. The molecule has 2 N–H and O–H groups in total. The first-order valence-electron chi connectivity index (χ1n) is 10.1. The standard InChI is InChI=1S/C23H18Cl3N3O6S/c1-2-7-29-22(33)19(8-13-3-5-14(6-4-13)34-12-21(31)32)36-23(29)28-27-20(30)11-35-18-10-16(25)15(24)9-17(18)26/h2-6,8-10H,1,7,11-12H2,(H,27,30)(H,31,32)/b19-8-,28-23+. The smallest absolute Gasteiger partial charge is 0.341 e. The number of halogens is 3. The van der Waals surface area contributed by atoms with Crippen LogP contribution in [0.3, 0.4) is 0 Å². The van der Waals surface area contributed by atoms with E-state index < -0.39 is 25.1 Å². The molecular formula is C23H18Cl3N3O6S. The summed E-state index contributed by atoms with van der Waals surface area (Å²) < 4.78 is 10.5. The summed E-state index contributed by atoms with van der Waals surface area (Å²) in [6.45, 7) is 2.96. The monoisotopic (exact) mass is 569 g/mol. The number of carboxylic acids is 1. The van der Waals surface area contributed by atoms with E-state index in [1.54, 1.807) is 30.3 Å². The fraction of sp³-hybridized carbons (Fsp3) is 0.130. The highest BCUT2D eigenvalue weighted by Gasteiger charge is 2.33. The molecule has 0 radical (unpaired) electrons. The number of aliphatic carboxylic acids is 1. The SMILES string of the molecule is C=CCN1C(=O)/C(=C/c2ccc(OCC(=O)O)cc2)S/C1=N/NC(=O)COc1cc(Cl)c(Cl)cc1Cl. The summed E-state index contributed by atoms with van der Waals surface area (Å²) in [4.78, 5) is 37.4. The van der Waals surface area contributed by atoms with Crippen molar-refractivity contribution in [2.24, 2.45) is 5.10 Å². The van der Waals surface area contributed by atoms with E-state index in [1.165, 1.54) is 23.1 Å². The Balaban J connectivity index is 1.66. The minimum absolute atomic E-state index is 0.176. The average Bonchev–Trinajstić information content (AvgIpc) is 3.13. The molecule has 2 amide bonds. The number of amides is 2. The van der Waals surface area contributed by atoms with E-state index >= 15 is 0 Å². The Kier molecular flexibility index (Phi) is 9.65. The number of amidine groups is 1. The Labute approximate surface area is 225 Å². The molecule has 0 aromatic heterocycles. The van der Waals surface area contributed by atoms with Crippen molar-refractivity contribution in [3.05, 3.63) is 74.6 Å². The van der Waals surface area contributed by atoms with Gasteiger partial charge in [-0.3, -0.25) is 14.5 Å². The first-order valence-corrected chi connectivity index (χ1v) is 12.0. The zero-order valence-electron chi connectivity index (χ0n) is 18.4. The molecule has 1 fully saturated rings. The minimum atomic E-state index is -1.08. The van der Waals surface area contributed by atoms with Crippen molar-refractivity contribution in [2.75, 3.05) is 19.8 Å². The number of carbonyl (C=O) groups is 3. The van der Waals surface area contributed by atoms with E-state index in [9.17, 15) is 14.4 Å². The molecule has 2 aromatic carbocycles. The molecule has 36 heavy (non-hydrogen) atoms. The molecule has 1 saturated heterocycles. The van der Waals surface area contributed by atoms with Crippen LogP contribution < -0.4 is 14.9 Å². The highest BCUT2D eigenvalue weighted by atomic mass is 35.5. The van der Waals surface area contributed by atoms with Crippen molar-refractivity contribution in [3.8, 4) is 11.5 Å². The van der Waals surface area contributed by atoms with Crippen LogP contribution in [0.1, 0.15) is 5.56 Å². The van der Waals surface area contributed by atoms with Gasteiger partial charge in [-0.15, -0.1) is 11.7 Å². The van der Waals surface area contributed by atoms with Crippen LogP contribution in [0.4, 0.5) is 0 Å². The van der Waals surface area contributed by atoms with Crippen LogP contribution in [0.2, 0.25) is 15.1 Å². The summed E-state index contributed by atoms with van der Waals surface area (Å²) >= 11 is 18.9. The molecular weight excluding hydrogens is 553 g/mol. The van der Waals surface area contributed by atoms with Crippen LogP contribution >= 0.6 is 46.6 Å². The predicted octanol–water partition coefficient (Wildman–Crippen LogP) is 4.68. The average molecular weight is 571 g/mol. The van der Waals surface area contributed by atoms with Crippen LogP contribution in [0.15, 0.2) is 59.1 Å². The number of nitrogens with one attached hydrogen (secondary N) is 1. The van der Waals surface area contributed by atoms with Crippen molar-refractivity contribution in [2.45, 2.75) is 0 Å². The summed E-state index contributed by atoms with van der Waals surface area (Å²) in [5, 5.41) is 13.6. The van der Waals surface area contributed by atoms with E-state index in [0.717, 1.165) is 11.8 Å². The Hall–Kier alpha value is -3.18. The van der Waals surface area contributed by atoms with Gasteiger partial charge in [0.15, 0.2) is 18.4 Å². The zero-order valence-corrected chi connectivity index (χ0v) is 21.5. The fourth-order valence-electron chi connectivity index (χ4n) is 2.74. The van der Waals surface area contributed by atoms with Gasteiger partial charge < -0.3 is 14.6 Å². The number of hydrogen-bond acceptors (Lipinski definition) is 7. The molecule has 1 heterocycles. The van der Waals surface area contributed by atoms with Gasteiger partial charge in [-0.05, 0) is 41.6 Å². The van der Waals surface area contributed by atoms with Gasteiger partial charge in [0.2, 0.25) is 0 Å². The molecule has 9 nitrogen and oxygen atoms in total. The quantitative estimate of drug-likeness (QED) is 0.184. The first-order chi connectivity index (χ1) is 17.2. The van der Waals surface area contributed by atoms with Crippen molar-refractivity contribution in [1.82, 2.24) is 10.3 Å². The van der Waals surface area contributed by atoms with Gasteiger partial charge >= 0.3 is 5.97 Å². The maximum absolute atomic E-state index is 12.8. The second kappa shape index (κ2) is 12.7. The third-order valence-electron chi connectivity index (χ3n) is 4.35. The second-order valence-electron chi connectivity index (χ2n) is 6.98. The molecule has 188 valence electrons. The molecule has 1 aliphatic heterocycles. The van der Waals surface area contributed by atoms with Gasteiger partial charge in [0.25, 0.3) is 11.8 Å². The number of rotatable bonds is 10. The molecule has 0 aliphatic carbocycles. The molecule has 1 aliphatic rings. The van der Waals surface area contributed by atoms with Gasteiger partial charge in [-0.2, -0.15) is 0 Å². The number of nitrogens with zero attached hydrogens (tertiary/aromatic N) is 2. The summed E-state index contributed by atoms with van der Waals surface area (Å²) in [5.74, 6) is -1.44. The lowest BCUT2D eigenvalue weighted by Gasteiger charge is -2.12. The first kappa shape index (κ1) is 27.4. The number of hydrazone groups is 1. The topological polar surface area (TPSA) is 118 Å². The normalized spacial score (nSPS) is 15.3. The number of carboxylic acid groups (broad SMARTS) is 1. The Morgan fingerprint density at radius 3 is 2.44 bits per heavy atom. The minimum Gasteiger partial charge on any atom is -0.482 e. The number of carbonyl (C=O) groups excluding carboxylic acids is 2. The van der Waals surface area contributed by atoms with Crippen molar-refractivity contribution in [3.63, 3.8) is 0 Å². The van der Waals surface area contributed by atoms with E-state index in [2.05, 4.69) is 17.1 Å². The Bertz CT molecular complexity index is 1250. The lowest BCUT2D eigenvalue weighted by Crippen LogP contribution is -2.32. The van der Waals surface area contributed by atoms with Crippen molar-refractivity contribution >= 4 is 75.6 Å². The third kappa shape index (κ3) is 7.41. The summed E-state index contributed by atoms with van der Waals surface area (Å²) in [6.07, 6.45) is 3.17.